The van der Waals surface area contributed by atoms with Gasteiger partial charge in [0.1, 0.15) is 5.84 Å². The molecule has 0 aromatic heterocycles. The van der Waals surface area contributed by atoms with Crippen molar-refractivity contribution >= 4 is 21.9 Å². The Labute approximate surface area is 106 Å². The molecule has 2 rings (SSSR count). The predicted octanol–water partition coefficient (Wildman–Crippen LogP) is -0.226. The van der Waals surface area contributed by atoms with Gasteiger partial charge in [0.15, 0.2) is 6.23 Å². The van der Waals surface area contributed by atoms with Crippen molar-refractivity contribution in [2.45, 2.75) is 26.5 Å². The first-order chi connectivity index (χ1) is 8.31. The van der Waals surface area contributed by atoms with Crippen LogP contribution < -0.4 is 5.43 Å². The summed E-state index contributed by atoms with van der Waals surface area (Å²) in [4.78, 5) is 13.4. The zero-order valence-corrected chi connectivity index (χ0v) is 11.2. The Balaban J connectivity index is 2.35. The minimum absolute atomic E-state index is 0.261. The number of amides is 1. The lowest BCUT2D eigenvalue weighted by Gasteiger charge is -2.24. The van der Waals surface area contributed by atoms with Crippen LogP contribution in [0, 0.1) is 0 Å². The maximum Gasteiger partial charge on any atom is 0.266 e. The molecule has 1 N–H and O–H groups in total. The molecule has 1 atom stereocenters. The third kappa shape index (κ3) is 2.25. The monoisotopic (exact) mass is 273 g/mol. The number of carbonyl (C=O) groups is 1. The Kier molecular flexibility index (Phi) is 3.16. The van der Waals surface area contributed by atoms with Crippen LogP contribution in [0.2, 0.25) is 0 Å². The Morgan fingerprint density at radius 2 is 2.11 bits per heavy atom. The van der Waals surface area contributed by atoms with E-state index < -0.39 is 16.3 Å². The van der Waals surface area contributed by atoms with E-state index in [0.29, 0.717) is 29.9 Å². The molecule has 1 unspecified atom stereocenters. The van der Waals surface area contributed by atoms with Crippen LogP contribution >= 0.6 is 0 Å². The van der Waals surface area contributed by atoms with Gasteiger partial charge < -0.3 is 5.43 Å². The van der Waals surface area contributed by atoms with Crippen LogP contribution in [-0.2, 0) is 19.1 Å². The summed E-state index contributed by atoms with van der Waals surface area (Å²) in [5.74, 6) is 0.244. The van der Waals surface area contributed by atoms with Crippen molar-refractivity contribution in [1.82, 2.24) is 10.3 Å². The normalized spacial score (nSPS) is 24.6. The van der Waals surface area contributed by atoms with Gasteiger partial charge in [-0.3, -0.25) is 9.69 Å². The second kappa shape index (κ2) is 4.36. The van der Waals surface area contributed by atoms with Crippen LogP contribution in [0.3, 0.4) is 0 Å². The molecule has 0 bridgehead atoms. The minimum Gasteiger partial charge on any atom is -0.308 e. The van der Waals surface area contributed by atoms with Crippen molar-refractivity contribution in [2.24, 2.45) is 5.10 Å². The number of hydrogen-bond donors (Lipinski definition) is 1. The zero-order valence-electron chi connectivity index (χ0n) is 10.4. The number of carbonyl (C=O) groups excluding carboxylic acids is 1. The second-order valence-electron chi connectivity index (χ2n) is 4.32. The summed E-state index contributed by atoms with van der Waals surface area (Å²) in [5.41, 5.74) is 3.85. The lowest BCUT2D eigenvalue weighted by Crippen LogP contribution is -2.42. The third-order valence-corrected chi connectivity index (χ3v) is 3.48. The molecule has 2 heterocycles. The van der Waals surface area contributed by atoms with Crippen LogP contribution in [0.5, 0.6) is 0 Å². The number of hydrazone groups is 1. The second-order valence-corrected chi connectivity index (χ2v) is 5.92. The van der Waals surface area contributed by atoms with Gasteiger partial charge in [0, 0.05) is 18.5 Å². The molecule has 7 nitrogen and oxygen atoms in total. The van der Waals surface area contributed by atoms with Gasteiger partial charge >= 0.3 is 0 Å². The molecule has 0 aromatic carbocycles. The molecule has 0 spiro atoms. The molecule has 8 heteroatoms. The highest BCUT2D eigenvalue weighted by Crippen LogP contribution is 2.28. The summed E-state index contributed by atoms with van der Waals surface area (Å²) in [6.07, 6.45) is 0.618. The highest BCUT2D eigenvalue weighted by Gasteiger charge is 2.41. The molecule has 2 aliphatic rings. The van der Waals surface area contributed by atoms with E-state index >= 15 is 0 Å². The van der Waals surface area contributed by atoms with Crippen molar-refractivity contribution in [2.75, 3.05) is 12.8 Å². The van der Waals surface area contributed by atoms with E-state index in [9.17, 15) is 13.2 Å². The van der Waals surface area contributed by atoms with Gasteiger partial charge in [0.05, 0.1) is 6.26 Å². The first-order valence-electron chi connectivity index (χ1n) is 5.50. The Hall–Kier alpha value is -1.41. The van der Waals surface area contributed by atoms with Crippen LogP contribution in [0.15, 0.2) is 16.2 Å². The topological polar surface area (TPSA) is 88.1 Å². The molecule has 0 saturated carbocycles. The summed E-state index contributed by atoms with van der Waals surface area (Å²) in [6, 6.07) is 0. The van der Waals surface area contributed by atoms with Gasteiger partial charge in [-0.15, -0.1) is 0 Å². The minimum atomic E-state index is -3.65. The lowest BCUT2D eigenvalue weighted by atomic mass is 10.2. The van der Waals surface area contributed by atoms with Crippen LogP contribution in [0.25, 0.3) is 0 Å². The molecule has 0 aromatic rings. The number of nitrogens with one attached hydrogen (secondary N) is 1. The Bertz CT molecular complexity index is 549. The quantitative estimate of drug-likeness (QED) is 0.702. The van der Waals surface area contributed by atoms with E-state index in [-0.39, 0.29) is 5.91 Å². The van der Waals surface area contributed by atoms with E-state index in [1.807, 2.05) is 0 Å². The highest BCUT2D eigenvalue weighted by molar-refractivity contribution is 7.86. The van der Waals surface area contributed by atoms with Crippen molar-refractivity contribution in [1.29, 1.82) is 0 Å². The van der Waals surface area contributed by atoms with Crippen molar-refractivity contribution in [3.63, 3.8) is 0 Å². The van der Waals surface area contributed by atoms with E-state index in [4.69, 9.17) is 4.18 Å². The Morgan fingerprint density at radius 1 is 1.44 bits per heavy atom. The van der Waals surface area contributed by atoms with Gasteiger partial charge in [0.2, 0.25) is 0 Å². The fraction of sp³-hybridized carbons (Fsp3) is 0.600. The summed E-state index contributed by atoms with van der Waals surface area (Å²) < 4.78 is 27.5. The van der Waals surface area contributed by atoms with E-state index in [1.54, 1.807) is 13.8 Å². The molecule has 0 radical (unpaired) electrons. The van der Waals surface area contributed by atoms with Crippen molar-refractivity contribution < 1.29 is 17.4 Å². The van der Waals surface area contributed by atoms with Gasteiger partial charge in [-0.1, -0.05) is 0 Å². The van der Waals surface area contributed by atoms with E-state index in [0.717, 1.165) is 6.26 Å². The molecule has 2 aliphatic heterocycles. The van der Waals surface area contributed by atoms with Crippen LogP contribution in [0.4, 0.5) is 0 Å². The molecule has 0 fully saturated rings. The molecule has 0 aliphatic carbocycles. The zero-order chi connectivity index (χ0) is 13.5. The third-order valence-electron chi connectivity index (χ3n) is 2.95. The molecule has 100 valence electrons. The molecular weight excluding hydrogens is 258 g/mol. The van der Waals surface area contributed by atoms with Crippen molar-refractivity contribution in [3.05, 3.63) is 11.1 Å². The number of hydrogen-bond acceptors (Lipinski definition) is 6. The fourth-order valence-electron chi connectivity index (χ4n) is 1.91. The van der Waals surface area contributed by atoms with E-state index in [1.165, 1.54) is 4.90 Å². The van der Waals surface area contributed by atoms with Gasteiger partial charge in [-0.25, -0.2) is 4.18 Å². The maximum atomic E-state index is 12.1. The molecule has 18 heavy (non-hydrogen) atoms. The van der Waals surface area contributed by atoms with Crippen molar-refractivity contribution in [3.8, 4) is 0 Å². The average Bonchev–Trinajstić information content (AvgIpc) is 2.82. The highest BCUT2D eigenvalue weighted by atomic mass is 32.2. The van der Waals surface area contributed by atoms with Gasteiger partial charge in [-0.05, 0) is 19.4 Å². The molecule has 0 saturated heterocycles. The molecular formula is C10H15N3O4S. The first-order valence-corrected chi connectivity index (χ1v) is 7.31. The lowest BCUT2D eigenvalue weighted by molar-refractivity contribution is -0.125. The van der Waals surface area contributed by atoms with E-state index in [2.05, 4.69) is 10.5 Å². The maximum absolute atomic E-state index is 12.1. The predicted molar refractivity (Wildman–Crippen MR) is 65.0 cm³/mol. The number of rotatable bonds is 2. The average molecular weight is 273 g/mol. The number of nitrogens with zero attached hydrogens (tertiary/aromatic N) is 2. The summed E-state index contributed by atoms with van der Waals surface area (Å²) in [5, 5.41) is 3.99. The summed E-state index contributed by atoms with van der Waals surface area (Å²) >= 11 is 0. The van der Waals surface area contributed by atoms with Gasteiger partial charge in [0.25, 0.3) is 16.0 Å². The van der Waals surface area contributed by atoms with Crippen LogP contribution in [0.1, 0.15) is 20.3 Å². The number of amidine groups is 1. The smallest absolute Gasteiger partial charge is 0.266 e. The Morgan fingerprint density at radius 3 is 2.61 bits per heavy atom. The summed E-state index contributed by atoms with van der Waals surface area (Å²) in [6.45, 7) is 3.97. The molecule has 1 amide bonds. The van der Waals surface area contributed by atoms with Crippen LogP contribution in [-0.4, -0.2) is 44.1 Å². The first kappa shape index (κ1) is 13.0. The summed E-state index contributed by atoms with van der Waals surface area (Å²) in [7, 11) is -3.65. The largest absolute Gasteiger partial charge is 0.308 e. The SMILES string of the molecule is CC1=C(C)C(OS(C)(=O)=O)N(C2=NNCC2)C1=O. The van der Waals surface area contributed by atoms with Gasteiger partial charge in [-0.2, -0.15) is 13.5 Å². The standard InChI is InChI=1S/C10H15N3O4S/c1-6-7(2)10(17-18(3,15)16)13(9(6)14)8-4-5-11-12-8/h10-11H,4-5H2,1-3H3. The fourth-order valence-corrected chi connectivity index (χ4v) is 2.47.